The van der Waals surface area contributed by atoms with Gasteiger partial charge in [-0.3, -0.25) is 4.79 Å². The molecule has 2 unspecified atom stereocenters. The van der Waals surface area contributed by atoms with Gasteiger partial charge in [0.2, 0.25) is 0 Å². The third kappa shape index (κ3) is 2.63. The number of hydrogen-bond donors (Lipinski definition) is 2. The number of amides is 1. The van der Waals surface area contributed by atoms with Crippen molar-refractivity contribution in [3.05, 3.63) is 29.6 Å². The van der Waals surface area contributed by atoms with Crippen molar-refractivity contribution in [1.82, 2.24) is 10.2 Å². The summed E-state index contributed by atoms with van der Waals surface area (Å²) >= 11 is 0. The highest BCUT2D eigenvalue weighted by Crippen LogP contribution is 2.27. The van der Waals surface area contributed by atoms with E-state index >= 15 is 0 Å². The summed E-state index contributed by atoms with van der Waals surface area (Å²) in [7, 11) is 0. The van der Waals surface area contributed by atoms with Crippen molar-refractivity contribution in [3.8, 4) is 5.75 Å². The second-order valence-corrected chi connectivity index (χ2v) is 5.69. The maximum Gasteiger partial charge on any atom is 0.255 e. The predicted molar refractivity (Wildman–Crippen MR) is 73.1 cm³/mol. The lowest BCUT2D eigenvalue weighted by molar-refractivity contribution is 0.0893. The van der Waals surface area contributed by atoms with E-state index in [2.05, 4.69) is 10.2 Å². The van der Waals surface area contributed by atoms with Crippen LogP contribution in [0.3, 0.4) is 0 Å². The summed E-state index contributed by atoms with van der Waals surface area (Å²) in [6, 6.07) is 4.11. The molecule has 108 valence electrons. The lowest BCUT2D eigenvalue weighted by Crippen LogP contribution is -2.47. The van der Waals surface area contributed by atoms with Crippen molar-refractivity contribution in [3.63, 3.8) is 0 Å². The Morgan fingerprint density at radius 3 is 3.05 bits per heavy atom. The zero-order valence-corrected chi connectivity index (χ0v) is 11.3. The Morgan fingerprint density at radius 2 is 2.20 bits per heavy atom. The molecule has 3 rings (SSSR count). The minimum atomic E-state index is -0.515. The minimum absolute atomic E-state index is 0.0128. The lowest BCUT2D eigenvalue weighted by atomic mass is 9.97. The van der Waals surface area contributed by atoms with Gasteiger partial charge in [-0.1, -0.05) is 0 Å². The van der Waals surface area contributed by atoms with Crippen molar-refractivity contribution in [2.75, 3.05) is 13.1 Å². The Labute approximate surface area is 117 Å². The van der Waals surface area contributed by atoms with Crippen LogP contribution in [-0.4, -0.2) is 41.1 Å². The van der Waals surface area contributed by atoms with Gasteiger partial charge in [-0.25, -0.2) is 4.39 Å². The fourth-order valence-corrected chi connectivity index (χ4v) is 3.31. The second kappa shape index (κ2) is 5.40. The molecule has 2 N–H and O–H groups in total. The molecule has 0 saturated carbocycles. The summed E-state index contributed by atoms with van der Waals surface area (Å²) in [4.78, 5) is 14.6. The van der Waals surface area contributed by atoms with Gasteiger partial charge in [0.1, 0.15) is 11.6 Å². The summed E-state index contributed by atoms with van der Waals surface area (Å²) in [6.45, 7) is 2.17. The second-order valence-electron chi connectivity index (χ2n) is 5.69. The third-order valence-corrected chi connectivity index (χ3v) is 4.36. The first-order chi connectivity index (χ1) is 9.63. The molecule has 2 aliphatic rings. The number of nitrogens with one attached hydrogen (secondary N) is 1. The van der Waals surface area contributed by atoms with Gasteiger partial charge in [0.05, 0.1) is 5.56 Å². The van der Waals surface area contributed by atoms with Crippen LogP contribution < -0.4 is 5.32 Å². The van der Waals surface area contributed by atoms with Gasteiger partial charge in [-0.2, -0.15) is 0 Å². The van der Waals surface area contributed by atoms with E-state index in [9.17, 15) is 14.3 Å². The lowest BCUT2D eigenvalue weighted by Gasteiger charge is -2.35. The highest BCUT2D eigenvalue weighted by atomic mass is 19.1. The quantitative estimate of drug-likeness (QED) is 0.868. The zero-order valence-electron chi connectivity index (χ0n) is 11.3. The molecule has 20 heavy (non-hydrogen) atoms. The Hall–Kier alpha value is -1.62. The van der Waals surface area contributed by atoms with Crippen LogP contribution >= 0.6 is 0 Å². The number of nitrogens with zero attached hydrogens (tertiary/aromatic N) is 1. The fraction of sp³-hybridized carbons (Fsp3) is 0.533. The molecular weight excluding hydrogens is 259 g/mol. The Morgan fingerprint density at radius 1 is 1.35 bits per heavy atom. The monoisotopic (exact) mass is 278 g/mol. The summed E-state index contributed by atoms with van der Waals surface area (Å²) < 4.78 is 13.2. The molecule has 0 aliphatic carbocycles. The molecule has 0 aromatic heterocycles. The fourth-order valence-electron chi connectivity index (χ4n) is 3.31. The van der Waals surface area contributed by atoms with Crippen LogP contribution in [0, 0.1) is 5.82 Å². The van der Waals surface area contributed by atoms with Gasteiger partial charge in [0.15, 0.2) is 0 Å². The van der Waals surface area contributed by atoms with Crippen molar-refractivity contribution < 1.29 is 14.3 Å². The number of piperidine rings is 1. The van der Waals surface area contributed by atoms with Gasteiger partial charge in [-0.05, 0) is 50.4 Å². The van der Waals surface area contributed by atoms with Gasteiger partial charge in [-0.15, -0.1) is 0 Å². The molecular formula is C15H19FN2O2. The summed E-state index contributed by atoms with van der Waals surface area (Å²) in [5, 5.41) is 12.6. The first kappa shape index (κ1) is 13.4. The molecule has 0 bridgehead atoms. The molecule has 2 heterocycles. The van der Waals surface area contributed by atoms with Crippen LogP contribution in [-0.2, 0) is 0 Å². The summed E-state index contributed by atoms with van der Waals surface area (Å²) in [5.41, 5.74) is 0.0128. The number of halogens is 1. The maximum absolute atomic E-state index is 13.2. The van der Waals surface area contributed by atoms with E-state index in [1.807, 2.05) is 0 Å². The van der Waals surface area contributed by atoms with E-state index in [-0.39, 0.29) is 17.4 Å². The van der Waals surface area contributed by atoms with Crippen LogP contribution in [0.1, 0.15) is 36.0 Å². The van der Waals surface area contributed by atoms with Crippen LogP contribution in [0.2, 0.25) is 0 Å². The van der Waals surface area contributed by atoms with Crippen LogP contribution in [0.25, 0.3) is 0 Å². The number of hydrogen-bond acceptors (Lipinski definition) is 3. The smallest absolute Gasteiger partial charge is 0.255 e. The van der Waals surface area contributed by atoms with E-state index in [1.54, 1.807) is 0 Å². The van der Waals surface area contributed by atoms with Crippen molar-refractivity contribution >= 4 is 5.91 Å². The van der Waals surface area contributed by atoms with E-state index in [0.29, 0.717) is 6.04 Å². The normalized spacial score (nSPS) is 26.2. The topological polar surface area (TPSA) is 52.6 Å². The molecule has 2 atom stereocenters. The molecule has 5 heteroatoms. The Kier molecular flexibility index (Phi) is 3.61. The highest BCUT2D eigenvalue weighted by Gasteiger charge is 2.32. The molecule has 4 nitrogen and oxygen atoms in total. The van der Waals surface area contributed by atoms with Crippen LogP contribution in [0.15, 0.2) is 18.2 Å². The number of phenols is 1. The zero-order chi connectivity index (χ0) is 14.1. The SMILES string of the molecule is O=C(NC1CCN2CCCC2C1)c1cc(F)ccc1O. The molecule has 1 aromatic carbocycles. The number of carbonyl (C=O) groups is 1. The van der Waals surface area contributed by atoms with E-state index in [1.165, 1.54) is 18.9 Å². The predicted octanol–water partition coefficient (Wildman–Crippen LogP) is 1.89. The van der Waals surface area contributed by atoms with Gasteiger partial charge >= 0.3 is 0 Å². The number of carbonyl (C=O) groups excluding carboxylic acids is 1. The molecule has 0 spiro atoms. The largest absolute Gasteiger partial charge is 0.507 e. The van der Waals surface area contributed by atoms with Crippen molar-refractivity contribution in [2.45, 2.75) is 37.8 Å². The molecule has 2 aliphatic heterocycles. The molecule has 0 radical (unpaired) electrons. The first-order valence-electron chi connectivity index (χ1n) is 7.17. The molecule has 1 aromatic rings. The Bertz CT molecular complexity index is 521. The third-order valence-electron chi connectivity index (χ3n) is 4.36. The average molecular weight is 278 g/mol. The number of aromatic hydroxyl groups is 1. The molecule has 2 fully saturated rings. The number of rotatable bonds is 2. The van der Waals surface area contributed by atoms with E-state index < -0.39 is 11.7 Å². The van der Waals surface area contributed by atoms with E-state index in [4.69, 9.17) is 0 Å². The molecule has 2 saturated heterocycles. The number of fused-ring (bicyclic) bond motifs is 1. The Balaban J connectivity index is 1.65. The maximum atomic E-state index is 13.2. The van der Waals surface area contributed by atoms with Crippen LogP contribution in [0.4, 0.5) is 4.39 Å². The van der Waals surface area contributed by atoms with Crippen molar-refractivity contribution in [1.29, 1.82) is 0 Å². The van der Waals surface area contributed by atoms with Gasteiger partial charge in [0.25, 0.3) is 5.91 Å². The average Bonchev–Trinajstić information content (AvgIpc) is 2.89. The van der Waals surface area contributed by atoms with E-state index in [0.717, 1.165) is 38.1 Å². The standard InChI is InChI=1S/C15H19FN2O2/c16-10-3-4-14(19)13(8-10)15(20)17-11-5-7-18-6-1-2-12(18)9-11/h3-4,8,11-12,19H,1-2,5-7,9H2,(H,17,20). The van der Waals surface area contributed by atoms with Crippen molar-refractivity contribution in [2.24, 2.45) is 0 Å². The van der Waals surface area contributed by atoms with Crippen LogP contribution in [0.5, 0.6) is 5.75 Å². The highest BCUT2D eigenvalue weighted by molar-refractivity contribution is 5.97. The summed E-state index contributed by atoms with van der Waals surface area (Å²) in [6.07, 6.45) is 4.29. The first-order valence-corrected chi connectivity index (χ1v) is 7.17. The number of benzene rings is 1. The summed E-state index contributed by atoms with van der Waals surface area (Å²) in [5.74, 6) is -1.08. The molecule has 1 amide bonds. The van der Waals surface area contributed by atoms with Gasteiger partial charge in [0, 0.05) is 18.6 Å². The number of phenolic OH excluding ortho intramolecular Hbond substituents is 1. The van der Waals surface area contributed by atoms with Gasteiger partial charge < -0.3 is 15.3 Å². The minimum Gasteiger partial charge on any atom is -0.507 e.